The van der Waals surface area contributed by atoms with E-state index in [0.29, 0.717) is 27.3 Å². The minimum Gasteiger partial charge on any atom is -0.345 e. The Hall–Kier alpha value is -2.84. The predicted molar refractivity (Wildman–Crippen MR) is 111 cm³/mol. The third-order valence-corrected chi connectivity index (χ3v) is 4.84. The minimum absolute atomic E-state index is 0.0884. The van der Waals surface area contributed by atoms with Gasteiger partial charge >= 0.3 is 0 Å². The minimum atomic E-state index is -0.186. The molecule has 0 aliphatic rings. The average molecular weight is 416 g/mol. The fourth-order valence-electron chi connectivity index (χ4n) is 2.33. The number of thioether (sulfide) groups is 1. The Labute approximate surface area is 171 Å². The first kappa shape index (κ1) is 19.9. The molecule has 0 radical (unpaired) electrons. The highest BCUT2D eigenvalue weighted by atomic mass is 35.5. The van der Waals surface area contributed by atoms with E-state index in [-0.39, 0.29) is 17.6 Å². The van der Waals surface area contributed by atoms with Crippen LogP contribution in [0.1, 0.15) is 10.4 Å². The molecule has 1 heterocycles. The Morgan fingerprint density at radius 3 is 2.43 bits per heavy atom. The molecule has 3 rings (SSSR count). The standard InChI is InChI=1S/C19H18ClN5O2S/c1-25(2)18(27)13-5-9-15(10-6-13)21-16(26)11-28-19-22-17(23-24-19)12-3-7-14(20)8-4-12/h3-10H,11H2,1-2H3,(H,21,26)(H,22,23,24). The second kappa shape index (κ2) is 8.90. The zero-order valence-corrected chi connectivity index (χ0v) is 16.8. The highest BCUT2D eigenvalue weighted by Gasteiger charge is 2.11. The van der Waals surface area contributed by atoms with Crippen molar-refractivity contribution in [3.8, 4) is 11.4 Å². The molecule has 0 aliphatic carbocycles. The monoisotopic (exact) mass is 415 g/mol. The summed E-state index contributed by atoms with van der Waals surface area (Å²) in [5.74, 6) is 0.501. The van der Waals surface area contributed by atoms with Gasteiger partial charge in [0.2, 0.25) is 11.1 Å². The van der Waals surface area contributed by atoms with Crippen LogP contribution in [0.2, 0.25) is 5.02 Å². The van der Waals surface area contributed by atoms with E-state index in [1.807, 2.05) is 12.1 Å². The molecular weight excluding hydrogens is 398 g/mol. The van der Waals surface area contributed by atoms with E-state index in [2.05, 4.69) is 20.5 Å². The van der Waals surface area contributed by atoms with Gasteiger partial charge in [-0.25, -0.2) is 4.98 Å². The first-order chi connectivity index (χ1) is 13.4. The van der Waals surface area contributed by atoms with E-state index in [1.165, 1.54) is 16.7 Å². The van der Waals surface area contributed by atoms with E-state index in [1.54, 1.807) is 50.5 Å². The van der Waals surface area contributed by atoms with Crippen molar-refractivity contribution in [2.24, 2.45) is 0 Å². The van der Waals surface area contributed by atoms with Gasteiger partial charge in [-0.05, 0) is 48.5 Å². The number of nitrogens with one attached hydrogen (secondary N) is 2. The highest BCUT2D eigenvalue weighted by molar-refractivity contribution is 7.99. The normalized spacial score (nSPS) is 10.5. The molecule has 2 aromatic carbocycles. The van der Waals surface area contributed by atoms with E-state index in [4.69, 9.17) is 11.6 Å². The molecule has 0 fully saturated rings. The molecule has 7 nitrogen and oxygen atoms in total. The molecule has 0 spiro atoms. The molecule has 0 bridgehead atoms. The number of halogens is 1. The Balaban J connectivity index is 1.53. The van der Waals surface area contributed by atoms with Crippen molar-refractivity contribution in [3.05, 3.63) is 59.1 Å². The number of rotatable bonds is 6. The summed E-state index contributed by atoms with van der Waals surface area (Å²) in [6.07, 6.45) is 0. The summed E-state index contributed by atoms with van der Waals surface area (Å²) in [4.78, 5) is 29.9. The fraction of sp³-hybridized carbons (Fsp3) is 0.158. The zero-order valence-electron chi connectivity index (χ0n) is 15.3. The number of hydrogen-bond acceptors (Lipinski definition) is 5. The van der Waals surface area contributed by atoms with Crippen molar-refractivity contribution < 1.29 is 9.59 Å². The number of aromatic nitrogens is 3. The van der Waals surface area contributed by atoms with Crippen LogP contribution in [-0.4, -0.2) is 51.7 Å². The molecule has 144 valence electrons. The van der Waals surface area contributed by atoms with Crippen LogP contribution in [0.4, 0.5) is 5.69 Å². The van der Waals surface area contributed by atoms with Crippen LogP contribution >= 0.6 is 23.4 Å². The van der Waals surface area contributed by atoms with Gasteiger partial charge < -0.3 is 10.2 Å². The number of carbonyl (C=O) groups excluding carboxylic acids is 2. The molecule has 2 N–H and O–H groups in total. The molecule has 28 heavy (non-hydrogen) atoms. The Kier molecular flexibility index (Phi) is 6.33. The van der Waals surface area contributed by atoms with Gasteiger partial charge in [0.25, 0.3) is 5.91 Å². The van der Waals surface area contributed by atoms with Gasteiger partial charge in [0.1, 0.15) is 0 Å². The number of carbonyl (C=O) groups is 2. The van der Waals surface area contributed by atoms with Crippen molar-refractivity contribution in [2.75, 3.05) is 25.2 Å². The lowest BCUT2D eigenvalue weighted by Crippen LogP contribution is -2.21. The van der Waals surface area contributed by atoms with Gasteiger partial charge in [-0.3, -0.25) is 14.7 Å². The first-order valence-electron chi connectivity index (χ1n) is 8.35. The number of anilines is 1. The van der Waals surface area contributed by atoms with Gasteiger partial charge in [0.15, 0.2) is 5.82 Å². The van der Waals surface area contributed by atoms with Gasteiger partial charge in [0, 0.05) is 35.9 Å². The van der Waals surface area contributed by atoms with Crippen LogP contribution in [-0.2, 0) is 4.79 Å². The molecule has 0 saturated heterocycles. The number of amides is 2. The second-order valence-corrected chi connectivity index (χ2v) is 7.47. The Bertz CT molecular complexity index is 971. The van der Waals surface area contributed by atoms with E-state index < -0.39 is 0 Å². The quantitative estimate of drug-likeness (QED) is 0.600. The van der Waals surface area contributed by atoms with Crippen LogP contribution in [0.5, 0.6) is 0 Å². The molecule has 0 aliphatic heterocycles. The number of H-pyrrole nitrogens is 1. The number of hydrogen-bond donors (Lipinski definition) is 2. The molecule has 1 aromatic heterocycles. The first-order valence-corrected chi connectivity index (χ1v) is 9.71. The summed E-state index contributed by atoms with van der Waals surface area (Å²) in [6.45, 7) is 0. The molecule has 2 amide bonds. The summed E-state index contributed by atoms with van der Waals surface area (Å²) in [6, 6.07) is 14.0. The molecule has 9 heteroatoms. The predicted octanol–water partition coefficient (Wildman–Crippen LogP) is 3.56. The number of benzene rings is 2. The largest absolute Gasteiger partial charge is 0.345 e. The van der Waals surface area contributed by atoms with Crippen LogP contribution in [0.15, 0.2) is 53.7 Å². The highest BCUT2D eigenvalue weighted by Crippen LogP contribution is 2.21. The van der Waals surface area contributed by atoms with E-state index in [0.717, 1.165) is 5.56 Å². The Morgan fingerprint density at radius 2 is 1.79 bits per heavy atom. The maximum absolute atomic E-state index is 12.1. The molecular formula is C19H18ClN5O2S. The lowest BCUT2D eigenvalue weighted by atomic mass is 10.2. The molecule has 3 aromatic rings. The third kappa shape index (κ3) is 5.11. The molecule has 0 saturated carbocycles. The maximum atomic E-state index is 12.1. The lowest BCUT2D eigenvalue weighted by Gasteiger charge is -2.10. The van der Waals surface area contributed by atoms with Gasteiger partial charge in [-0.1, -0.05) is 23.4 Å². The second-order valence-electron chi connectivity index (χ2n) is 6.09. The summed E-state index contributed by atoms with van der Waals surface area (Å²) in [5, 5.41) is 10.9. The Morgan fingerprint density at radius 1 is 1.11 bits per heavy atom. The smallest absolute Gasteiger partial charge is 0.253 e. The van der Waals surface area contributed by atoms with Crippen molar-refractivity contribution in [1.82, 2.24) is 20.1 Å². The van der Waals surface area contributed by atoms with Crippen LogP contribution < -0.4 is 5.32 Å². The topological polar surface area (TPSA) is 91.0 Å². The maximum Gasteiger partial charge on any atom is 0.253 e. The number of aromatic amines is 1. The van der Waals surface area contributed by atoms with Crippen molar-refractivity contribution in [2.45, 2.75) is 5.16 Å². The SMILES string of the molecule is CN(C)C(=O)c1ccc(NC(=O)CSc2n[nH]c(-c3ccc(Cl)cc3)n2)cc1. The average Bonchev–Trinajstić information content (AvgIpc) is 3.16. The zero-order chi connectivity index (χ0) is 20.1. The van der Waals surface area contributed by atoms with Crippen molar-refractivity contribution in [3.63, 3.8) is 0 Å². The van der Waals surface area contributed by atoms with E-state index in [9.17, 15) is 9.59 Å². The van der Waals surface area contributed by atoms with Gasteiger partial charge in [-0.2, -0.15) is 0 Å². The third-order valence-electron chi connectivity index (χ3n) is 3.74. The molecule has 0 atom stereocenters. The summed E-state index contributed by atoms with van der Waals surface area (Å²) < 4.78 is 0. The lowest BCUT2D eigenvalue weighted by molar-refractivity contribution is -0.113. The van der Waals surface area contributed by atoms with Crippen molar-refractivity contribution in [1.29, 1.82) is 0 Å². The summed E-state index contributed by atoms with van der Waals surface area (Å²) in [5.41, 5.74) is 2.05. The van der Waals surface area contributed by atoms with Crippen LogP contribution in [0, 0.1) is 0 Å². The van der Waals surface area contributed by atoms with Gasteiger partial charge in [-0.15, -0.1) is 5.10 Å². The van der Waals surface area contributed by atoms with E-state index >= 15 is 0 Å². The van der Waals surface area contributed by atoms with Crippen LogP contribution in [0.3, 0.4) is 0 Å². The molecule has 0 unspecified atom stereocenters. The van der Waals surface area contributed by atoms with Gasteiger partial charge in [0.05, 0.1) is 5.75 Å². The summed E-state index contributed by atoms with van der Waals surface area (Å²) >= 11 is 7.11. The summed E-state index contributed by atoms with van der Waals surface area (Å²) in [7, 11) is 3.38. The van der Waals surface area contributed by atoms with Crippen molar-refractivity contribution >= 4 is 40.9 Å². The van der Waals surface area contributed by atoms with Crippen LogP contribution in [0.25, 0.3) is 11.4 Å². The number of nitrogens with zero attached hydrogens (tertiary/aromatic N) is 3. The fourth-order valence-corrected chi connectivity index (χ4v) is 3.05.